The summed E-state index contributed by atoms with van der Waals surface area (Å²) in [6, 6.07) is 5.73. The van der Waals surface area contributed by atoms with Crippen molar-refractivity contribution in [3.63, 3.8) is 0 Å². The van der Waals surface area contributed by atoms with Crippen LogP contribution in [-0.2, 0) is 4.74 Å². The largest absolute Gasteiger partial charge is 0.464 e. The lowest BCUT2D eigenvalue weighted by atomic mass is 10.2. The van der Waals surface area contributed by atoms with Crippen LogP contribution in [0.25, 0.3) is 5.69 Å². The van der Waals surface area contributed by atoms with Gasteiger partial charge in [0.1, 0.15) is 0 Å². The third kappa shape index (κ3) is 3.11. The molecule has 1 aromatic carbocycles. The van der Waals surface area contributed by atoms with E-state index in [1.807, 2.05) is 18.2 Å². The van der Waals surface area contributed by atoms with Crippen molar-refractivity contribution in [1.29, 1.82) is 0 Å². The van der Waals surface area contributed by atoms with Crippen LogP contribution in [0.5, 0.6) is 0 Å². The van der Waals surface area contributed by atoms with Crippen LogP contribution in [-0.4, -0.2) is 66.2 Å². The van der Waals surface area contributed by atoms with Crippen molar-refractivity contribution in [2.24, 2.45) is 0 Å². The molecule has 2 aromatic rings. The maximum atomic E-state index is 11.4. The van der Waals surface area contributed by atoms with Gasteiger partial charge in [0.15, 0.2) is 5.69 Å². The molecule has 0 radical (unpaired) electrons. The first-order valence-corrected chi connectivity index (χ1v) is 7.42. The Balaban J connectivity index is 1.81. The fraction of sp³-hybridized carbons (Fsp3) is 0.400. The van der Waals surface area contributed by atoms with Gasteiger partial charge in [-0.25, -0.2) is 9.48 Å². The van der Waals surface area contributed by atoms with Crippen molar-refractivity contribution in [2.45, 2.75) is 0 Å². The van der Waals surface area contributed by atoms with Gasteiger partial charge in [-0.15, -0.1) is 5.10 Å². The average molecular weight is 316 g/mol. The minimum Gasteiger partial charge on any atom is -0.464 e. The van der Waals surface area contributed by atoms with E-state index in [0.717, 1.165) is 37.6 Å². The zero-order chi connectivity index (χ0) is 16.4. The molecule has 2 heterocycles. The van der Waals surface area contributed by atoms with Crippen molar-refractivity contribution in [2.75, 3.05) is 51.0 Å². The summed E-state index contributed by atoms with van der Waals surface area (Å²) in [5.74, 6) is -0.515. The molecule has 0 bridgehead atoms. The molecule has 8 nitrogen and oxygen atoms in total. The second kappa shape index (κ2) is 6.25. The predicted octanol–water partition coefficient (Wildman–Crippen LogP) is 0.388. The van der Waals surface area contributed by atoms with Gasteiger partial charge in [-0.05, 0) is 25.2 Å². The number of likely N-dealkylation sites (N-methyl/N-ethyl adjacent to an activating group) is 1. The lowest BCUT2D eigenvalue weighted by molar-refractivity contribution is 0.0594. The standard InChI is InChI=1S/C15H20N6O2/c1-19-5-7-20(8-6-19)14-4-3-11(9-12(14)16)21-10-13(17-18-21)15(22)23-2/h3-4,9-10H,5-8,16H2,1-2H3. The second-order valence-corrected chi connectivity index (χ2v) is 5.57. The maximum Gasteiger partial charge on any atom is 0.360 e. The highest BCUT2D eigenvalue weighted by atomic mass is 16.5. The fourth-order valence-electron chi connectivity index (χ4n) is 2.61. The van der Waals surface area contributed by atoms with Crippen LogP contribution in [0.3, 0.4) is 0 Å². The van der Waals surface area contributed by atoms with Gasteiger partial charge in [-0.2, -0.15) is 0 Å². The molecule has 3 rings (SSSR count). The highest BCUT2D eigenvalue weighted by Crippen LogP contribution is 2.26. The number of methoxy groups -OCH3 is 1. The quantitative estimate of drug-likeness (QED) is 0.647. The van der Waals surface area contributed by atoms with E-state index < -0.39 is 5.97 Å². The molecule has 0 atom stereocenters. The van der Waals surface area contributed by atoms with E-state index in [0.29, 0.717) is 5.69 Å². The molecular formula is C15H20N6O2. The molecule has 2 N–H and O–H groups in total. The van der Waals surface area contributed by atoms with E-state index >= 15 is 0 Å². The van der Waals surface area contributed by atoms with E-state index in [-0.39, 0.29) is 5.69 Å². The first kappa shape index (κ1) is 15.3. The number of aromatic nitrogens is 3. The first-order chi connectivity index (χ1) is 11.1. The number of rotatable bonds is 3. The van der Waals surface area contributed by atoms with Crippen LogP contribution < -0.4 is 10.6 Å². The summed E-state index contributed by atoms with van der Waals surface area (Å²) in [4.78, 5) is 16.0. The highest BCUT2D eigenvalue weighted by molar-refractivity contribution is 5.86. The number of hydrogen-bond donors (Lipinski definition) is 1. The molecule has 1 aliphatic heterocycles. The topological polar surface area (TPSA) is 89.5 Å². The molecule has 8 heteroatoms. The summed E-state index contributed by atoms with van der Waals surface area (Å²) in [5, 5.41) is 7.73. The van der Waals surface area contributed by atoms with Crippen molar-refractivity contribution in [1.82, 2.24) is 19.9 Å². The third-order valence-electron chi connectivity index (χ3n) is 4.01. The number of esters is 1. The smallest absolute Gasteiger partial charge is 0.360 e. The number of nitrogen functional groups attached to an aromatic ring is 1. The molecular weight excluding hydrogens is 296 g/mol. The molecule has 122 valence electrons. The van der Waals surface area contributed by atoms with Crippen LogP contribution in [0.2, 0.25) is 0 Å². The normalized spacial score (nSPS) is 15.7. The maximum absolute atomic E-state index is 11.4. The van der Waals surface area contributed by atoms with Crippen LogP contribution in [0.15, 0.2) is 24.4 Å². The zero-order valence-electron chi connectivity index (χ0n) is 13.3. The Morgan fingerprint density at radius 1 is 1.26 bits per heavy atom. The van der Waals surface area contributed by atoms with Gasteiger partial charge < -0.3 is 20.3 Å². The fourth-order valence-corrected chi connectivity index (χ4v) is 2.61. The van der Waals surface area contributed by atoms with Crippen molar-refractivity contribution in [3.8, 4) is 5.69 Å². The van der Waals surface area contributed by atoms with Crippen LogP contribution >= 0.6 is 0 Å². The van der Waals surface area contributed by atoms with Crippen molar-refractivity contribution in [3.05, 3.63) is 30.1 Å². The number of anilines is 2. The Morgan fingerprint density at radius 2 is 2.00 bits per heavy atom. The minimum absolute atomic E-state index is 0.161. The summed E-state index contributed by atoms with van der Waals surface area (Å²) >= 11 is 0. The molecule has 1 fully saturated rings. The number of benzene rings is 1. The number of nitrogens with zero attached hydrogens (tertiary/aromatic N) is 5. The Bertz CT molecular complexity index is 706. The summed E-state index contributed by atoms with van der Waals surface area (Å²) in [5.41, 5.74) is 8.83. The SMILES string of the molecule is COC(=O)c1cn(-c2ccc(N3CCN(C)CC3)c(N)c2)nn1. The summed E-state index contributed by atoms with van der Waals surface area (Å²) in [6.45, 7) is 3.95. The van der Waals surface area contributed by atoms with E-state index in [4.69, 9.17) is 5.73 Å². The molecule has 1 saturated heterocycles. The number of carbonyl (C=O) groups excluding carboxylic acids is 1. The number of ether oxygens (including phenoxy) is 1. The summed E-state index contributed by atoms with van der Waals surface area (Å²) in [7, 11) is 3.43. The number of piperazine rings is 1. The molecule has 0 amide bonds. The zero-order valence-corrected chi connectivity index (χ0v) is 13.3. The lowest BCUT2D eigenvalue weighted by Crippen LogP contribution is -2.44. The van der Waals surface area contributed by atoms with Gasteiger partial charge in [0.2, 0.25) is 0 Å². The van der Waals surface area contributed by atoms with Crippen LogP contribution in [0.4, 0.5) is 11.4 Å². The Hall–Kier alpha value is -2.61. The molecule has 0 saturated carbocycles. The monoisotopic (exact) mass is 316 g/mol. The van der Waals surface area contributed by atoms with Gasteiger partial charge in [0.25, 0.3) is 0 Å². The Morgan fingerprint density at radius 3 is 2.65 bits per heavy atom. The Kier molecular flexibility index (Phi) is 4.16. The van der Waals surface area contributed by atoms with E-state index in [9.17, 15) is 4.79 Å². The van der Waals surface area contributed by atoms with E-state index in [1.54, 1.807) is 0 Å². The molecule has 0 unspecified atom stereocenters. The summed E-state index contributed by atoms with van der Waals surface area (Å²) < 4.78 is 6.14. The summed E-state index contributed by atoms with van der Waals surface area (Å²) in [6.07, 6.45) is 1.52. The molecule has 0 spiro atoms. The van der Waals surface area contributed by atoms with Gasteiger partial charge in [0, 0.05) is 26.2 Å². The van der Waals surface area contributed by atoms with Crippen LogP contribution in [0.1, 0.15) is 10.5 Å². The first-order valence-electron chi connectivity index (χ1n) is 7.42. The van der Waals surface area contributed by atoms with Gasteiger partial charge >= 0.3 is 5.97 Å². The second-order valence-electron chi connectivity index (χ2n) is 5.57. The minimum atomic E-state index is -0.515. The van der Waals surface area contributed by atoms with E-state index in [2.05, 4.69) is 31.9 Å². The van der Waals surface area contributed by atoms with Crippen molar-refractivity contribution < 1.29 is 9.53 Å². The molecule has 23 heavy (non-hydrogen) atoms. The van der Waals surface area contributed by atoms with Crippen molar-refractivity contribution >= 4 is 17.3 Å². The van der Waals surface area contributed by atoms with E-state index in [1.165, 1.54) is 18.0 Å². The lowest BCUT2D eigenvalue weighted by Gasteiger charge is -2.34. The Labute approximate surface area is 134 Å². The predicted molar refractivity (Wildman–Crippen MR) is 86.8 cm³/mol. The number of nitrogens with two attached hydrogens (primary N) is 1. The highest BCUT2D eigenvalue weighted by Gasteiger charge is 2.17. The molecule has 0 aliphatic carbocycles. The third-order valence-corrected chi connectivity index (χ3v) is 4.01. The number of hydrogen-bond acceptors (Lipinski definition) is 7. The van der Waals surface area contributed by atoms with Crippen LogP contribution in [0, 0.1) is 0 Å². The molecule has 1 aromatic heterocycles. The number of carbonyl (C=O) groups is 1. The van der Waals surface area contributed by atoms with Gasteiger partial charge in [-0.3, -0.25) is 0 Å². The molecule has 1 aliphatic rings. The van der Waals surface area contributed by atoms with Gasteiger partial charge in [0.05, 0.1) is 30.4 Å². The average Bonchev–Trinajstić information content (AvgIpc) is 3.05. The van der Waals surface area contributed by atoms with Gasteiger partial charge in [-0.1, -0.05) is 5.21 Å².